The van der Waals surface area contributed by atoms with E-state index < -0.39 is 36.0 Å². The van der Waals surface area contributed by atoms with E-state index in [1.165, 1.54) is 11.0 Å². The second kappa shape index (κ2) is 14.6. The van der Waals surface area contributed by atoms with E-state index in [1.54, 1.807) is 4.90 Å². The molecule has 0 spiro atoms. The van der Waals surface area contributed by atoms with Gasteiger partial charge in [-0.15, -0.1) is 0 Å². The smallest absolute Gasteiger partial charge is 0.409 e. The van der Waals surface area contributed by atoms with Crippen molar-refractivity contribution in [1.29, 1.82) is 0 Å². The fraction of sp³-hybridized carbons (Fsp3) is 0.517. The number of carboxylic acids is 1. The molecule has 13 heteroatoms. The van der Waals surface area contributed by atoms with Crippen LogP contribution in [0, 0.1) is 0 Å². The molecule has 1 atom stereocenters. The van der Waals surface area contributed by atoms with Gasteiger partial charge in [0.15, 0.2) is 5.82 Å². The van der Waals surface area contributed by atoms with Crippen LogP contribution in [0.2, 0.25) is 0 Å². The molecule has 42 heavy (non-hydrogen) atoms. The average molecular weight is 583 g/mol. The van der Waals surface area contributed by atoms with Crippen molar-refractivity contribution in [3.05, 3.63) is 42.1 Å². The zero-order valence-electron chi connectivity index (χ0n) is 23.8. The predicted molar refractivity (Wildman–Crippen MR) is 153 cm³/mol. The maximum atomic E-state index is 13.5. The van der Waals surface area contributed by atoms with Crippen LogP contribution in [-0.4, -0.2) is 112 Å². The number of piperazine rings is 1. The lowest BCUT2D eigenvalue weighted by Gasteiger charge is -2.37. The van der Waals surface area contributed by atoms with Crippen LogP contribution in [0.25, 0.3) is 11.4 Å². The number of nitrogens with one attached hydrogen (secondary N) is 1. The molecular weight excluding hydrogens is 544 g/mol. The summed E-state index contributed by atoms with van der Waals surface area (Å²) in [5, 5.41) is 21.7. The van der Waals surface area contributed by atoms with Crippen molar-refractivity contribution >= 4 is 29.7 Å². The zero-order chi connectivity index (χ0) is 30.1. The van der Waals surface area contributed by atoms with Crippen molar-refractivity contribution in [3.63, 3.8) is 0 Å². The molecule has 1 aromatic carbocycles. The molecule has 0 unspecified atom stereocenters. The molecule has 2 fully saturated rings. The minimum Gasteiger partial charge on any atom is -0.481 e. The van der Waals surface area contributed by atoms with Crippen LogP contribution >= 0.6 is 0 Å². The monoisotopic (exact) mass is 582 g/mol. The summed E-state index contributed by atoms with van der Waals surface area (Å²) < 4.78 is 5.31. The van der Waals surface area contributed by atoms with Gasteiger partial charge in [0.25, 0.3) is 5.91 Å². The third-order valence-corrected chi connectivity index (χ3v) is 7.24. The Morgan fingerprint density at radius 1 is 1.02 bits per heavy atom. The van der Waals surface area contributed by atoms with Crippen LogP contribution in [0.5, 0.6) is 0 Å². The number of aromatic nitrogens is 2. The first-order chi connectivity index (χ1) is 20.2. The summed E-state index contributed by atoms with van der Waals surface area (Å²) >= 11 is 0. The van der Waals surface area contributed by atoms with E-state index in [1.807, 2.05) is 35.2 Å². The predicted octanol–water partition coefficient (Wildman–Crippen LogP) is 1.76. The van der Waals surface area contributed by atoms with Gasteiger partial charge in [-0.3, -0.25) is 14.4 Å². The molecule has 0 saturated carbocycles. The Balaban J connectivity index is 1.45. The summed E-state index contributed by atoms with van der Waals surface area (Å²) in [6, 6.07) is 9.51. The highest BCUT2D eigenvalue weighted by Gasteiger charge is 2.32. The number of amides is 3. The van der Waals surface area contributed by atoms with Crippen LogP contribution in [0.15, 0.2) is 36.4 Å². The van der Waals surface area contributed by atoms with E-state index in [4.69, 9.17) is 4.74 Å². The second-order valence-corrected chi connectivity index (χ2v) is 10.5. The first-order valence-corrected chi connectivity index (χ1v) is 14.4. The number of anilines is 1. The molecule has 1 aromatic heterocycles. The van der Waals surface area contributed by atoms with Gasteiger partial charge in [0, 0.05) is 57.3 Å². The summed E-state index contributed by atoms with van der Waals surface area (Å²) in [7, 11) is 0. The lowest BCUT2D eigenvalue weighted by Crippen LogP contribution is -2.56. The van der Waals surface area contributed by atoms with Gasteiger partial charge in [0.05, 0.1) is 12.7 Å². The number of unbranched alkanes of at least 4 members (excludes halogenated alkanes) is 2. The first-order valence-electron chi connectivity index (χ1n) is 14.4. The van der Waals surface area contributed by atoms with E-state index >= 15 is 0 Å². The molecule has 2 aliphatic rings. The van der Waals surface area contributed by atoms with Crippen LogP contribution in [0.1, 0.15) is 49.5 Å². The third-order valence-electron chi connectivity index (χ3n) is 7.24. The highest BCUT2D eigenvalue weighted by atomic mass is 16.6. The van der Waals surface area contributed by atoms with Gasteiger partial charge in [-0.2, -0.15) is 0 Å². The number of carbonyl (C=O) groups excluding carboxylic acids is 3. The van der Waals surface area contributed by atoms with Crippen molar-refractivity contribution in [2.24, 2.45) is 0 Å². The second-order valence-electron chi connectivity index (χ2n) is 10.5. The number of nitrogens with zero attached hydrogens (tertiary/aromatic N) is 5. The number of aliphatic hydroxyl groups excluding tert-OH is 1. The van der Waals surface area contributed by atoms with Crippen LogP contribution in [-0.2, 0) is 14.3 Å². The molecule has 2 aromatic rings. The molecule has 13 nitrogen and oxygen atoms in total. The summed E-state index contributed by atoms with van der Waals surface area (Å²) in [5.74, 6) is -1.39. The lowest BCUT2D eigenvalue weighted by molar-refractivity contribution is -0.138. The zero-order valence-corrected chi connectivity index (χ0v) is 23.8. The van der Waals surface area contributed by atoms with Gasteiger partial charge in [0.1, 0.15) is 17.6 Å². The van der Waals surface area contributed by atoms with Crippen molar-refractivity contribution in [1.82, 2.24) is 25.1 Å². The van der Waals surface area contributed by atoms with Crippen molar-refractivity contribution < 1.29 is 34.1 Å². The molecular formula is C29H38N6O7. The first kappa shape index (κ1) is 30.7. The quantitative estimate of drug-likeness (QED) is 0.314. The number of hydrogen-bond donors (Lipinski definition) is 3. The van der Waals surface area contributed by atoms with E-state index in [9.17, 15) is 29.4 Å². The Kier molecular flexibility index (Phi) is 10.7. The maximum absolute atomic E-state index is 13.5. The van der Waals surface area contributed by atoms with E-state index in [-0.39, 0.29) is 44.7 Å². The molecule has 3 amide bonds. The molecule has 4 rings (SSSR count). The van der Waals surface area contributed by atoms with Crippen LogP contribution in [0.4, 0.5) is 10.6 Å². The van der Waals surface area contributed by atoms with Gasteiger partial charge < -0.3 is 35.0 Å². The molecule has 0 aliphatic carbocycles. The number of carbonyl (C=O) groups is 4. The van der Waals surface area contributed by atoms with Gasteiger partial charge in [0.2, 0.25) is 5.91 Å². The van der Waals surface area contributed by atoms with E-state index in [0.29, 0.717) is 36.9 Å². The number of aliphatic hydroxyl groups is 1. The Hall–Kier alpha value is -4.26. The van der Waals surface area contributed by atoms with Gasteiger partial charge >= 0.3 is 12.1 Å². The topological polar surface area (TPSA) is 166 Å². The third kappa shape index (κ3) is 8.15. The minimum absolute atomic E-state index is 0.0176. The molecule has 2 saturated heterocycles. The molecule has 226 valence electrons. The largest absolute Gasteiger partial charge is 0.481 e. The summed E-state index contributed by atoms with van der Waals surface area (Å²) in [5.41, 5.74) is 0.707. The fourth-order valence-electron chi connectivity index (χ4n) is 4.76. The van der Waals surface area contributed by atoms with Crippen molar-refractivity contribution in [2.45, 2.75) is 51.2 Å². The Morgan fingerprint density at radius 3 is 2.36 bits per heavy atom. The standard InChI is InChI=1S/C29H38N6O7/c1-2-3-7-16-42-29(41)34-14-12-33(13-15-34)28(40)22(10-11-25(37)38)31-27(39)23-17-24(35-18-21(36)19-35)32-26(30-23)20-8-5-4-6-9-20/h4-6,8-9,17,21-22,36H,2-3,7,10-16,18-19H2,1H3,(H,31,39)(H,37,38)/t22-/m0/s1. The van der Waals surface area contributed by atoms with E-state index in [0.717, 1.165) is 19.3 Å². The molecule has 0 bridgehead atoms. The molecule has 2 aliphatic heterocycles. The van der Waals surface area contributed by atoms with Crippen molar-refractivity contribution in [2.75, 3.05) is 50.8 Å². The van der Waals surface area contributed by atoms with Crippen molar-refractivity contribution in [3.8, 4) is 11.4 Å². The number of benzene rings is 1. The molecule has 3 N–H and O–H groups in total. The van der Waals surface area contributed by atoms with Gasteiger partial charge in [-0.1, -0.05) is 50.1 Å². The number of carboxylic acid groups (broad SMARTS) is 1. The number of aliphatic carboxylic acids is 1. The van der Waals surface area contributed by atoms with E-state index in [2.05, 4.69) is 22.2 Å². The Bertz CT molecular complexity index is 1250. The minimum atomic E-state index is -1.11. The maximum Gasteiger partial charge on any atom is 0.409 e. The Labute approximate surface area is 244 Å². The summed E-state index contributed by atoms with van der Waals surface area (Å²) in [6.45, 7) is 4.16. The normalized spacial score (nSPS) is 16.0. The summed E-state index contributed by atoms with van der Waals surface area (Å²) in [4.78, 5) is 64.5. The van der Waals surface area contributed by atoms with Gasteiger partial charge in [-0.05, 0) is 12.8 Å². The Morgan fingerprint density at radius 2 is 1.71 bits per heavy atom. The average Bonchev–Trinajstić information content (AvgIpc) is 2.99. The number of rotatable bonds is 12. The number of hydrogen-bond acceptors (Lipinski definition) is 9. The highest BCUT2D eigenvalue weighted by Crippen LogP contribution is 2.24. The van der Waals surface area contributed by atoms with Crippen LogP contribution < -0.4 is 10.2 Å². The highest BCUT2D eigenvalue weighted by molar-refractivity contribution is 5.97. The lowest BCUT2D eigenvalue weighted by atomic mass is 10.1. The SMILES string of the molecule is CCCCCOC(=O)N1CCN(C(=O)[C@H](CCC(=O)O)NC(=O)c2cc(N3CC(O)C3)nc(-c3ccccc3)n2)CC1. The van der Waals surface area contributed by atoms with Gasteiger partial charge in [-0.25, -0.2) is 14.8 Å². The molecule has 3 heterocycles. The number of β-amino-alcohol motifs (C(OH)–C–C–N with tert-alkyl or cyclic N) is 1. The molecule has 0 radical (unpaired) electrons. The van der Waals surface area contributed by atoms with Crippen LogP contribution in [0.3, 0.4) is 0 Å². The summed E-state index contributed by atoms with van der Waals surface area (Å²) in [6.07, 6.45) is 1.46. The fourth-order valence-corrected chi connectivity index (χ4v) is 4.76. The number of ether oxygens (including phenoxy) is 1.